The molecule has 0 saturated heterocycles. The van der Waals surface area contributed by atoms with Crippen LogP contribution in [0.2, 0.25) is 0 Å². The Morgan fingerprint density at radius 1 is 1.04 bits per heavy atom. The molecule has 4 rings (SSSR count). The lowest BCUT2D eigenvalue weighted by Crippen LogP contribution is -2.51. The van der Waals surface area contributed by atoms with Gasteiger partial charge in [0.2, 0.25) is 0 Å². The van der Waals surface area contributed by atoms with Crippen molar-refractivity contribution in [3.63, 3.8) is 0 Å². The highest BCUT2D eigenvalue weighted by Crippen LogP contribution is 2.66. The number of hydrogen-bond donors (Lipinski definition) is 0. The topological polar surface area (TPSA) is 43.4 Å². The fourth-order valence-corrected chi connectivity index (χ4v) is 7.63. The van der Waals surface area contributed by atoms with E-state index < -0.39 is 0 Å². The van der Waals surface area contributed by atoms with E-state index in [1.165, 1.54) is 26.2 Å². The monoisotopic (exact) mass is 358 g/mol. The molecule has 3 saturated carbocycles. The van der Waals surface area contributed by atoms with Crippen LogP contribution in [0.4, 0.5) is 0 Å². The van der Waals surface area contributed by atoms with Gasteiger partial charge in [-0.25, -0.2) is 0 Å². The number of ketones is 1. The third kappa shape index (κ3) is 2.60. The van der Waals surface area contributed by atoms with E-state index in [1.54, 1.807) is 12.5 Å². The molecular weight excluding hydrogens is 324 g/mol. The molecule has 7 atom stereocenters. The van der Waals surface area contributed by atoms with Gasteiger partial charge in [0.15, 0.2) is 0 Å². The van der Waals surface area contributed by atoms with Gasteiger partial charge in [-0.2, -0.15) is 0 Å². The van der Waals surface area contributed by atoms with Crippen molar-refractivity contribution in [1.82, 2.24) is 0 Å². The maximum Gasteiger partial charge on any atom is 0.302 e. The summed E-state index contributed by atoms with van der Waals surface area (Å²) in [5.41, 5.74) is 2.04. The zero-order chi connectivity index (χ0) is 18.7. The smallest absolute Gasteiger partial charge is 0.302 e. The van der Waals surface area contributed by atoms with Crippen molar-refractivity contribution >= 4 is 11.8 Å². The van der Waals surface area contributed by atoms with E-state index in [0.29, 0.717) is 11.7 Å². The van der Waals surface area contributed by atoms with Crippen LogP contribution in [0.5, 0.6) is 0 Å². The van der Waals surface area contributed by atoms with Gasteiger partial charge in [0.25, 0.3) is 0 Å². The first kappa shape index (κ1) is 18.3. The molecule has 0 aromatic heterocycles. The van der Waals surface area contributed by atoms with Gasteiger partial charge in [-0.05, 0) is 80.5 Å². The van der Waals surface area contributed by atoms with Crippen LogP contribution in [-0.4, -0.2) is 17.9 Å². The van der Waals surface area contributed by atoms with E-state index in [4.69, 9.17) is 4.74 Å². The summed E-state index contributed by atoms with van der Waals surface area (Å²) < 4.78 is 5.53. The highest BCUT2D eigenvalue weighted by molar-refractivity contribution is 5.79. The van der Waals surface area contributed by atoms with Crippen molar-refractivity contribution in [1.29, 1.82) is 0 Å². The highest BCUT2D eigenvalue weighted by atomic mass is 16.5. The summed E-state index contributed by atoms with van der Waals surface area (Å²) in [5, 5.41) is 0. The molecule has 0 aromatic carbocycles. The Morgan fingerprint density at radius 3 is 2.50 bits per heavy atom. The van der Waals surface area contributed by atoms with E-state index in [2.05, 4.69) is 19.9 Å². The van der Waals surface area contributed by atoms with Crippen LogP contribution < -0.4 is 0 Å². The third-order valence-corrected chi connectivity index (χ3v) is 8.88. The molecule has 0 bridgehead atoms. The first-order valence-corrected chi connectivity index (χ1v) is 10.6. The van der Waals surface area contributed by atoms with Crippen LogP contribution in [0.1, 0.15) is 79.1 Å². The molecule has 0 aliphatic heterocycles. The Hall–Kier alpha value is -1.12. The van der Waals surface area contributed by atoms with Crippen LogP contribution in [-0.2, 0) is 14.3 Å². The Bertz CT molecular complexity index is 650. The van der Waals surface area contributed by atoms with Crippen molar-refractivity contribution in [3.05, 3.63) is 11.6 Å². The van der Waals surface area contributed by atoms with Gasteiger partial charge >= 0.3 is 5.97 Å². The van der Waals surface area contributed by atoms with Gasteiger partial charge in [0.1, 0.15) is 11.9 Å². The number of esters is 1. The molecule has 3 heteroatoms. The van der Waals surface area contributed by atoms with Gasteiger partial charge in [-0.3, -0.25) is 9.59 Å². The molecule has 4 aliphatic carbocycles. The first-order valence-electron chi connectivity index (χ1n) is 10.6. The quantitative estimate of drug-likeness (QED) is 0.510. The molecule has 0 amide bonds. The summed E-state index contributed by atoms with van der Waals surface area (Å²) in [6, 6.07) is 0. The average Bonchev–Trinajstić information content (AvgIpc) is 2.92. The summed E-state index contributed by atoms with van der Waals surface area (Å²) in [6.07, 6.45) is 11.6. The molecule has 0 spiro atoms. The minimum Gasteiger partial charge on any atom is -0.462 e. The number of Topliss-reactive ketones (excluding diaryl/α,β-unsaturated/α-hetero) is 1. The van der Waals surface area contributed by atoms with Crippen LogP contribution in [0.3, 0.4) is 0 Å². The molecule has 26 heavy (non-hydrogen) atoms. The van der Waals surface area contributed by atoms with Crippen LogP contribution in [0, 0.1) is 34.5 Å². The lowest BCUT2D eigenvalue weighted by molar-refractivity contribution is -0.149. The molecule has 4 aliphatic rings. The van der Waals surface area contributed by atoms with E-state index in [0.717, 1.165) is 43.9 Å². The second kappa shape index (κ2) is 6.21. The minimum absolute atomic E-state index is 0.0748. The molecule has 0 heterocycles. The minimum atomic E-state index is -0.150. The number of fused-ring (bicyclic) bond motifs is 5. The van der Waals surface area contributed by atoms with Crippen LogP contribution in [0.15, 0.2) is 11.6 Å². The largest absolute Gasteiger partial charge is 0.462 e. The Balaban J connectivity index is 1.59. The lowest BCUT2D eigenvalue weighted by Gasteiger charge is -2.58. The number of allylic oxidation sites excluding steroid dienone is 1. The zero-order valence-electron chi connectivity index (χ0n) is 16.8. The molecule has 0 unspecified atom stereocenters. The van der Waals surface area contributed by atoms with E-state index in [-0.39, 0.29) is 28.8 Å². The molecule has 0 aromatic rings. The number of carbonyl (C=O) groups excluding carboxylic acids is 2. The molecule has 0 radical (unpaired) electrons. The standard InChI is InChI=1S/C23H34O3/c1-14(24)19-7-8-20-18-6-5-16-13-17(26-15(2)25)9-11-22(16,3)21(18)10-12-23(19,20)4/h5,17-21H,6-13H2,1-4H3/t17-,18+,19+,20+,21-,22+,23-/m1/s1. The fourth-order valence-electron chi connectivity index (χ4n) is 7.63. The van der Waals surface area contributed by atoms with Gasteiger partial charge < -0.3 is 4.74 Å². The number of carbonyl (C=O) groups is 2. The number of hydrogen-bond acceptors (Lipinski definition) is 3. The van der Waals surface area contributed by atoms with Gasteiger partial charge in [-0.15, -0.1) is 0 Å². The van der Waals surface area contributed by atoms with Crippen molar-refractivity contribution in [2.75, 3.05) is 0 Å². The highest BCUT2D eigenvalue weighted by Gasteiger charge is 2.59. The Morgan fingerprint density at radius 2 is 1.81 bits per heavy atom. The molecule has 3 fully saturated rings. The fraction of sp³-hybridized carbons (Fsp3) is 0.826. The van der Waals surface area contributed by atoms with Gasteiger partial charge in [0, 0.05) is 19.3 Å². The van der Waals surface area contributed by atoms with Crippen LogP contribution in [0.25, 0.3) is 0 Å². The second-order valence-electron chi connectivity index (χ2n) is 10.0. The predicted octanol–water partition coefficient (Wildman–Crippen LogP) is 5.09. The van der Waals surface area contributed by atoms with E-state index in [9.17, 15) is 9.59 Å². The average molecular weight is 359 g/mol. The maximum absolute atomic E-state index is 12.2. The van der Waals surface area contributed by atoms with Crippen LogP contribution >= 0.6 is 0 Å². The number of rotatable bonds is 2. The molecular formula is C23H34O3. The molecule has 0 N–H and O–H groups in total. The molecule has 3 nitrogen and oxygen atoms in total. The van der Waals surface area contributed by atoms with Crippen molar-refractivity contribution in [2.45, 2.75) is 85.2 Å². The van der Waals surface area contributed by atoms with Gasteiger partial charge in [0.05, 0.1) is 0 Å². The summed E-state index contributed by atoms with van der Waals surface area (Å²) in [7, 11) is 0. The van der Waals surface area contributed by atoms with Crippen molar-refractivity contribution < 1.29 is 14.3 Å². The lowest BCUT2D eigenvalue weighted by atomic mass is 9.47. The van der Waals surface area contributed by atoms with E-state index in [1.807, 2.05) is 0 Å². The summed E-state index contributed by atoms with van der Waals surface area (Å²) in [6.45, 7) is 8.21. The van der Waals surface area contributed by atoms with E-state index >= 15 is 0 Å². The Labute approximate surface area is 157 Å². The number of ether oxygens (including phenoxy) is 1. The predicted molar refractivity (Wildman–Crippen MR) is 101 cm³/mol. The summed E-state index contributed by atoms with van der Waals surface area (Å²) in [5.74, 6) is 2.72. The van der Waals surface area contributed by atoms with Crippen molar-refractivity contribution in [3.8, 4) is 0 Å². The second-order valence-corrected chi connectivity index (χ2v) is 10.0. The first-order chi connectivity index (χ1) is 12.3. The van der Waals surface area contributed by atoms with Crippen molar-refractivity contribution in [2.24, 2.45) is 34.5 Å². The van der Waals surface area contributed by atoms with Gasteiger partial charge in [-0.1, -0.05) is 25.5 Å². The molecule has 144 valence electrons. The summed E-state index contributed by atoms with van der Waals surface area (Å²) >= 11 is 0. The SMILES string of the molecule is CC(=O)O[C@@H]1CC[C@@]2(C)C(=CC[C@@H]3[C@H]2CC[C@]2(C)[C@H](C(C)=O)CC[C@@H]32)C1. The third-order valence-electron chi connectivity index (χ3n) is 8.88. The zero-order valence-corrected chi connectivity index (χ0v) is 16.8. The Kier molecular flexibility index (Phi) is 4.36. The maximum atomic E-state index is 12.2. The normalized spacial score (nSPS) is 47.2. The summed E-state index contributed by atoms with van der Waals surface area (Å²) in [4.78, 5) is 23.6.